The molecule has 4 N–H and O–H groups in total. The van der Waals surface area contributed by atoms with Crippen molar-refractivity contribution in [3.8, 4) is 0 Å². The third kappa shape index (κ3) is 5.83. The van der Waals surface area contributed by atoms with Gasteiger partial charge in [0.2, 0.25) is 5.91 Å². The van der Waals surface area contributed by atoms with Gasteiger partial charge in [-0.25, -0.2) is 4.79 Å². The topological polar surface area (TPSA) is 108 Å². The van der Waals surface area contributed by atoms with Crippen molar-refractivity contribution in [2.75, 3.05) is 26.8 Å². The molecular weight excluding hydrogens is 240 g/mol. The predicted molar refractivity (Wildman–Crippen MR) is 64.9 cm³/mol. The van der Waals surface area contributed by atoms with E-state index in [1.807, 2.05) is 0 Å². The number of hydrogen-bond donors (Lipinski definition) is 4. The van der Waals surface area contributed by atoms with Gasteiger partial charge in [0.1, 0.15) is 6.10 Å². The minimum Gasteiger partial charge on any atom is -0.453 e. The molecule has 0 aliphatic rings. The van der Waals surface area contributed by atoms with Crippen LogP contribution in [0.15, 0.2) is 0 Å². The van der Waals surface area contributed by atoms with Crippen LogP contribution in [0.1, 0.15) is 20.3 Å². The average Bonchev–Trinajstić information content (AvgIpc) is 2.36. The standard InChI is InChI=1S/C11H22N2O5/c1-11(2,7-14)8(15)9(16)12-5-4-6-13-10(17)18-3/h8,14-15H,4-7H2,1-3H3,(H,12,16)(H,13,17)/t8-/m0/s1. The maximum Gasteiger partial charge on any atom is 0.406 e. The second-order valence-corrected chi connectivity index (χ2v) is 4.61. The van der Waals surface area contributed by atoms with Crippen molar-refractivity contribution < 1.29 is 24.5 Å². The third-order valence-electron chi connectivity index (χ3n) is 2.50. The molecular formula is C11H22N2O5. The number of ether oxygens (including phenoxy) is 1. The van der Waals surface area contributed by atoms with E-state index in [-0.39, 0.29) is 6.61 Å². The Kier molecular flexibility index (Phi) is 7.30. The molecule has 0 aliphatic carbocycles. The first-order valence-corrected chi connectivity index (χ1v) is 5.73. The molecule has 0 rings (SSSR count). The highest BCUT2D eigenvalue weighted by atomic mass is 16.5. The fraction of sp³-hybridized carbons (Fsp3) is 0.818. The molecule has 0 heterocycles. The molecule has 0 saturated heterocycles. The van der Waals surface area contributed by atoms with Crippen LogP contribution < -0.4 is 10.6 Å². The lowest BCUT2D eigenvalue weighted by molar-refractivity contribution is -0.137. The van der Waals surface area contributed by atoms with Crippen LogP contribution in [0.25, 0.3) is 0 Å². The maximum absolute atomic E-state index is 11.5. The Bertz CT molecular complexity index is 281. The molecule has 0 bridgehead atoms. The van der Waals surface area contributed by atoms with E-state index in [1.54, 1.807) is 13.8 Å². The van der Waals surface area contributed by atoms with Gasteiger partial charge in [0.05, 0.1) is 13.7 Å². The first-order valence-electron chi connectivity index (χ1n) is 5.73. The number of carbonyl (C=O) groups excluding carboxylic acids is 2. The molecule has 106 valence electrons. The van der Waals surface area contributed by atoms with Crippen molar-refractivity contribution in [3.05, 3.63) is 0 Å². The van der Waals surface area contributed by atoms with E-state index in [0.29, 0.717) is 19.5 Å². The summed E-state index contributed by atoms with van der Waals surface area (Å²) in [6.45, 7) is 3.59. The zero-order valence-electron chi connectivity index (χ0n) is 11.0. The molecule has 2 amide bonds. The van der Waals surface area contributed by atoms with Gasteiger partial charge in [-0.1, -0.05) is 13.8 Å². The van der Waals surface area contributed by atoms with Crippen molar-refractivity contribution >= 4 is 12.0 Å². The van der Waals surface area contributed by atoms with Crippen LogP contribution in [0, 0.1) is 5.41 Å². The second-order valence-electron chi connectivity index (χ2n) is 4.61. The first kappa shape index (κ1) is 16.7. The minimum absolute atomic E-state index is 0.286. The number of methoxy groups -OCH3 is 1. The van der Waals surface area contributed by atoms with Gasteiger partial charge in [-0.05, 0) is 6.42 Å². The van der Waals surface area contributed by atoms with Gasteiger partial charge in [0.15, 0.2) is 0 Å². The normalized spacial score (nSPS) is 12.7. The number of aliphatic hydroxyl groups excluding tert-OH is 2. The molecule has 7 heteroatoms. The zero-order chi connectivity index (χ0) is 14.2. The number of nitrogens with one attached hydrogen (secondary N) is 2. The van der Waals surface area contributed by atoms with Gasteiger partial charge in [-0.3, -0.25) is 4.79 Å². The highest BCUT2D eigenvalue weighted by molar-refractivity contribution is 5.81. The second kappa shape index (κ2) is 7.88. The van der Waals surface area contributed by atoms with Crippen molar-refractivity contribution in [2.45, 2.75) is 26.4 Å². The summed E-state index contributed by atoms with van der Waals surface area (Å²) < 4.78 is 4.37. The van der Waals surface area contributed by atoms with E-state index in [0.717, 1.165) is 0 Å². The van der Waals surface area contributed by atoms with E-state index in [4.69, 9.17) is 5.11 Å². The van der Waals surface area contributed by atoms with E-state index >= 15 is 0 Å². The Balaban J connectivity index is 3.81. The summed E-state index contributed by atoms with van der Waals surface area (Å²) in [5.74, 6) is -0.535. The molecule has 0 saturated carbocycles. The Hall–Kier alpha value is -1.34. The Morgan fingerprint density at radius 1 is 1.28 bits per heavy atom. The molecule has 1 atom stereocenters. The molecule has 0 aromatic rings. The number of aliphatic hydroxyl groups is 2. The SMILES string of the molecule is COC(=O)NCCCNC(=O)[C@H](O)C(C)(C)CO. The highest BCUT2D eigenvalue weighted by Gasteiger charge is 2.32. The van der Waals surface area contributed by atoms with Gasteiger partial charge >= 0.3 is 6.09 Å². The van der Waals surface area contributed by atoms with E-state index in [1.165, 1.54) is 7.11 Å². The summed E-state index contributed by atoms with van der Waals surface area (Å²) in [5, 5.41) is 23.7. The molecule has 0 aromatic heterocycles. The van der Waals surface area contributed by atoms with Crippen LogP contribution in [0.2, 0.25) is 0 Å². The van der Waals surface area contributed by atoms with Gasteiger partial charge < -0.3 is 25.6 Å². The lowest BCUT2D eigenvalue weighted by Crippen LogP contribution is -2.46. The van der Waals surface area contributed by atoms with Gasteiger partial charge in [0, 0.05) is 18.5 Å². The zero-order valence-corrected chi connectivity index (χ0v) is 11.0. The molecule has 0 radical (unpaired) electrons. The monoisotopic (exact) mass is 262 g/mol. The first-order chi connectivity index (χ1) is 8.35. The summed E-state index contributed by atoms with van der Waals surface area (Å²) in [6, 6.07) is 0. The number of rotatable bonds is 7. The van der Waals surface area contributed by atoms with Gasteiger partial charge in [-0.15, -0.1) is 0 Å². The quantitative estimate of drug-likeness (QED) is 0.451. The van der Waals surface area contributed by atoms with Crippen LogP contribution in [-0.4, -0.2) is 55.1 Å². The summed E-state index contributed by atoms with van der Waals surface area (Å²) in [4.78, 5) is 22.2. The Morgan fingerprint density at radius 2 is 1.83 bits per heavy atom. The lowest BCUT2D eigenvalue weighted by atomic mass is 9.87. The van der Waals surface area contributed by atoms with Crippen molar-refractivity contribution in [1.29, 1.82) is 0 Å². The molecule has 0 unspecified atom stereocenters. The number of hydrogen-bond acceptors (Lipinski definition) is 5. The number of alkyl carbamates (subject to hydrolysis) is 1. The van der Waals surface area contributed by atoms with E-state index in [9.17, 15) is 14.7 Å². The molecule has 0 aliphatic heterocycles. The van der Waals surface area contributed by atoms with E-state index in [2.05, 4.69) is 15.4 Å². The minimum atomic E-state index is -1.27. The summed E-state index contributed by atoms with van der Waals surface area (Å²) >= 11 is 0. The van der Waals surface area contributed by atoms with Crippen LogP contribution >= 0.6 is 0 Å². The average molecular weight is 262 g/mol. The van der Waals surface area contributed by atoms with Crippen molar-refractivity contribution in [2.24, 2.45) is 5.41 Å². The molecule has 18 heavy (non-hydrogen) atoms. The Labute approximate surface area is 107 Å². The number of carbonyl (C=O) groups is 2. The fourth-order valence-corrected chi connectivity index (χ4v) is 1.10. The van der Waals surface area contributed by atoms with Gasteiger partial charge in [-0.2, -0.15) is 0 Å². The number of amides is 2. The predicted octanol–water partition coefficient (Wildman–Crippen LogP) is -0.772. The van der Waals surface area contributed by atoms with Crippen LogP contribution in [-0.2, 0) is 9.53 Å². The van der Waals surface area contributed by atoms with Crippen LogP contribution in [0.3, 0.4) is 0 Å². The van der Waals surface area contributed by atoms with Crippen molar-refractivity contribution in [3.63, 3.8) is 0 Å². The van der Waals surface area contributed by atoms with Crippen LogP contribution in [0.4, 0.5) is 4.79 Å². The fourth-order valence-electron chi connectivity index (χ4n) is 1.10. The third-order valence-corrected chi connectivity index (χ3v) is 2.50. The van der Waals surface area contributed by atoms with Gasteiger partial charge in [0.25, 0.3) is 0 Å². The largest absolute Gasteiger partial charge is 0.453 e. The lowest BCUT2D eigenvalue weighted by Gasteiger charge is -2.27. The highest BCUT2D eigenvalue weighted by Crippen LogP contribution is 2.19. The summed E-state index contributed by atoms with van der Waals surface area (Å²) in [7, 11) is 1.27. The maximum atomic E-state index is 11.5. The smallest absolute Gasteiger partial charge is 0.406 e. The van der Waals surface area contributed by atoms with Crippen LogP contribution in [0.5, 0.6) is 0 Å². The molecule has 0 spiro atoms. The molecule has 0 aromatic carbocycles. The molecule has 0 fully saturated rings. The van der Waals surface area contributed by atoms with Crippen molar-refractivity contribution in [1.82, 2.24) is 10.6 Å². The Morgan fingerprint density at radius 3 is 2.33 bits per heavy atom. The summed E-state index contributed by atoms with van der Waals surface area (Å²) in [5.41, 5.74) is -0.881. The summed E-state index contributed by atoms with van der Waals surface area (Å²) in [6.07, 6.45) is -1.27. The van der Waals surface area contributed by atoms with E-state index < -0.39 is 23.5 Å². The molecule has 7 nitrogen and oxygen atoms in total.